The second-order valence-electron chi connectivity index (χ2n) is 6.78. The first-order valence-corrected chi connectivity index (χ1v) is 9.34. The molecule has 4 rings (SSSR count). The smallest absolute Gasteiger partial charge is 0.338 e. The Kier molecular flexibility index (Phi) is 5.20. The number of carbonyl (C=O) groups excluding carboxylic acids is 2. The summed E-state index contributed by atoms with van der Waals surface area (Å²) in [7, 11) is 0. The number of hydrogen-bond acceptors (Lipinski definition) is 4. The van der Waals surface area contributed by atoms with Crippen molar-refractivity contribution in [2.24, 2.45) is 0 Å². The third-order valence-electron chi connectivity index (χ3n) is 4.82. The van der Waals surface area contributed by atoms with Gasteiger partial charge in [-0.3, -0.25) is 4.79 Å². The summed E-state index contributed by atoms with van der Waals surface area (Å²) in [5.41, 5.74) is 3.51. The molecule has 4 heteroatoms. The highest BCUT2D eigenvalue weighted by atomic mass is 16.5. The quantitative estimate of drug-likeness (QED) is 0.451. The molecule has 0 atom stereocenters. The number of ether oxygens (including phenoxy) is 2. The number of rotatable bonds is 6. The fourth-order valence-electron chi connectivity index (χ4n) is 3.33. The van der Waals surface area contributed by atoms with Crippen molar-refractivity contribution in [2.45, 2.75) is 19.3 Å². The second-order valence-corrected chi connectivity index (χ2v) is 6.78. The van der Waals surface area contributed by atoms with Crippen LogP contribution in [0.5, 0.6) is 11.5 Å². The van der Waals surface area contributed by atoms with E-state index in [0.29, 0.717) is 16.9 Å². The zero-order valence-corrected chi connectivity index (χ0v) is 15.4. The number of ketones is 1. The zero-order chi connectivity index (χ0) is 19.3. The van der Waals surface area contributed by atoms with Crippen molar-refractivity contribution in [1.29, 1.82) is 0 Å². The molecule has 140 valence electrons. The molecule has 3 aromatic rings. The fourth-order valence-corrected chi connectivity index (χ4v) is 3.33. The molecule has 0 aliphatic heterocycles. The first-order valence-electron chi connectivity index (χ1n) is 9.34. The standard InChI is InChI=1S/C24H20O4/c25-23(20-10-9-17-5-4-6-19(17)15-20)16-27-24(26)18-11-13-22(14-12-18)28-21-7-2-1-3-8-21/h1-3,7-15H,4-6,16H2. The summed E-state index contributed by atoms with van der Waals surface area (Å²) in [6, 6.07) is 21.8. The van der Waals surface area contributed by atoms with Gasteiger partial charge in [-0.15, -0.1) is 0 Å². The monoisotopic (exact) mass is 372 g/mol. The molecule has 0 spiro atoms. The van der Waals surface area contributed by atoms with Gasteiger partial charge in [-0.2, -0.15) is 0 Å². The minimum Gasteiger partial charge on any atom is -0.457 e. The van der Waals surface area contributed by atoms with Gasteiger partial charge in [0.25, 0.3) is 0 Å². The van der Waals surface area contributed by atoms with Crippen LogP contribution in [0.3, 0.4) is 0 Å². The van der Waals surface area contributed by atoms with Crippen LogP contribution in [0.1, 0.15) is 38.3 Å². The van der Waals surface area contributed by atoms with E-state index in [2.05, 4.69) is 0 Å². The van der Waals surface area contributed by atoms with Crippen molar-refractivity contribution in [3.63, 3.8) is 0 Å². The predicted octanol–water partition coefficient (Wildman–Crippen LogP) is 5.01. The highest BCUT2D eigenvalue weighted by molar-refractivity contribution is 5.99. The molecule has 0 bridgehead atoms. The Morgan fingerprint density at radius 1 is 0.750 bits per heavy atom. The van der Waals surface area contributed by atoms with Crippen molar-refractivity contribution in [3.05, 3.63) is 95.1 Å². The lowest BCUT2D eigenvalue weighted by Crippen LogP contribution is -2.14. The van der Waals surface area contributed by atoms with E-state index in [-0.39, 0.29) is 12.4 Å². The van der Waals surface area contributed by atoms with Crippen LogP contribution < -0.4 is 4.74 Å². The van der Waals surface area contributed by atoms with Gasteiger partial charge in [0, 0.05) is 5.56 Å². The van der Waals surface area contributed by atoms with E-state index in [9.17, 15) is 9.59 Å². The lowest BCUT2D eigenvalue weighted by molar-refractivity contribution is 0.0474. The van der Waals surface area contributed by atoms with Gasteiger partial charge in [0.2, 0.25) is 0 Å². The summed E-state index contributed by atoms with van der Waals surface area (Å²) in [5, 5.41) is 0. The van der Waals surface area contributed by atoms with E-state index < -0.39 is 5.97 Å². The third kappa shape index (κ3) is 4.12. The highest BCUT2D eigenvalue weighted by Crippen LogP contribution is 2.23. The van der Waals surface area contributed by atoms with Crippen LogP contribution in [-0.4, -0.2) is 18.4 Å². The molecule has 0 fully saturated rings. The Hall–Kier alpha value is -3.40. The van der Waals surface area contributed by atoms with E-state index in [0.717, 1.165) is 25.0 Å². The van der Waals surface area contributed by atoms with Crippen LogP contribution in [0.25, 0.3) is 0 Å². The van der Waals surface area contributed by atoms with Gasteiger partial charge in [-0.05, 0) is 72.9 Å². The SMILES string of the molecule is O=C(COC(=O)c1ccc(Oc2ccccc2)cc1)c1ccc2c(c1)CCC2. The average molecular weight is 372 g/mol. The lowest BCUT2D eigenvalue weighted by Gasteiger charge is -2.08. The number of hydrogen-bond donors (Lipinski definition) is 0. The third-order valence-corrected chi connectivity index (χ3v) is 4.82. The van der Waals surface area contributed by atoms with Crippen molar-refractivity contribution < 1.29 is 19.1 Å². The van der Waals surface area contributed by atoms with Crippen LogP contribution in [0.4, 0.5) is 0 Å². The Morgan fingerprint density at radius 2 is 1.43 bits per heavy atom. The average Bonchev–Trinajstić information content (AvgIpc) is 3.21. The van der Waals surface area contributed by atoms with Crippen LogP contribution in [0.15, 0.2) is 72.8 Å². The van der Waals surface area contributed by atoms with Gasteiger partial charge in [-0.1, -0.05) is 30.3 Å². The molecule has 4 nitrogen and oxygen atoms in total. The zero-order valence-electron chi connectivity index (χ0n) is 15.4. The summed E-state index contributed by atoms with van der Waals surface area (Å²) in [5.74, 6) is 0.627. The lowest BCUT2D eigenvalue weighted by atomic mass is 10.0. The van der Waals surface area contributed by atoms with Crippen molar-refractivity contribution in [1.82, 2.24) is 0 Å². The first kappa shape index (κ1) is 18.0. The van der Waals surface area contributed by atoms with E-state index in [4.69, 9.17) is 9.47 Å². The van der Waals surface area contributed by atoms with Gasteiger partial charge in [0.15, 0.2) is 12.4 Å². The molecule has 0 amide bonds. The van der Waals surface area contributed by atoms with Crippen molar-refractivity contribution >= 4 is 11.8 Å². The van der Waals surface area contributed by atoms with Gasteiger partial charge in [-0.25, -0.2) is 4.79 Å². The molecule has 0 saturated heterocycles. The Labute approximate surface area is 163 Å². The Bertz CT molecular complexity index is 991. The Morgan fingerprint density at radius 3 is 2.21 bits per heavy atom. The van der Waals surface area contributed by atoms with Crippen LogP contribution in [0.2, 0.25) is 0 Å². The maximum Gasteiger partial charge on any atom is 0.338 e. The number of carbonyl (C=O) groups is 2. The van der Waals surface area contributed by atoms with Crippen molar-refractivity contribution in [2.75, 3.05) is 6.61 Å². The molecular formula is C24H20O4. The predicted molar refractivity (Wildman–Crippen MR) is 106 cm³/mol. The highest BCUT2D eigenvalue weighted by Gasteiger charge is 2.16. The maximum atomic E-state index is 12.3. The van der Waals surface area contributed by atoms with Crippen LogP contribution in [0, 0.1) is 0 Å². The van der Waals surface area contributed by atoms with Gasteiger partial charge < -0.3 is 9.47 Å². The minimum atomic E-state index is -0.527. The molecule has 1 aliphatic carbocycles. The minimum absolute atomic E-state index is 0.188. The number of para-hydroxylation sites is 1. The van der Waals surface area contributed by atoms with E-state index in [1.165, 1.54) is 11.1 Å². The molecule has 0 unspecified atom stereocenters. The van der Waals surface area contributed by atoms with Gasteiger partial charge in [0.05, 0.1) is 5.56 Å². The van der Waals surface area contributed by atoms with E-state index in [1.54, 1.807) is 24.3 Å². The van der Waals surface area contributed by atoms with E-state index in [1.807, 2.05) is 48.5 Å². The number of Topliss-reactive ketones (excluding diaryl/α,β-unsaturated/α-hetero) is 1. The summed E-state index contributed by atoms with van der Waals surface area (Å²) in [4.78, 5) is 24.6. The molecule has 0 saturated carbocycles. The summed E-state index contributed by atoms with van der Waals surface area (Å²) in [6.45, 7) is -0.264. The largest absolute Gasteiger partial charge is 0.457 e. The number of esters is 1. The molecule has 1 aliphatic rings. The summed E-state index contributed by atoms with van der Waals surface area (Å²) >= 11 is 0. The molecule has 0 aromatic heterocycles. The first-order chi connectivity index (χ1) is 13.7. The molecule has 0 radical (unpaired) electrons. The second kappa shape index (κ2) is 8.09. The normalized spacial score (nSPS) is 12.3. The fraction of sp³-hybridized carbons (Fsp3) is 0.167. The van der Waals surface area contributed by atoms with Gasteiger partial charge >= 0.3 is 5.97 Å². The Balaban J connectivity index is 1.34. The summed E-state index contributed by atoms with van der Waals surface area (Å²) < 4.78 is 10.9. The molecular weight excluding hydrogens is 352 g/mol. The van der Waals surface area contributed by atoms with E-state index >= 15 is 0 Å². The van der Waals surface area contributed by atoms with Crippen LogP contribution in [-0.2, 0) is 17.6 Å². The number of benzene rings is 3. The van der Waals surface area contributed by atoms with Crippen molar-refractivity contribution in [3.8, 4) is 11.5 Å². The summed E-state index contributed by atoms with van der Waals surface area (Å²) in [6.07, 6.45) is 3.21. The number of fused-ring (bicyclic) bond motifs is 1. The molecule has 0 N–H and O–H groups in total. The molecule has 3 aromatic carbocycles. The van der Waals surface area contributed by atoms with Gasteiger partial charge in [0.1, 0.15) is 11.5 Å². The topological polar surface area (TPSA) is 52.6 Å². The molecule has 28 heavy (non-hydrogen) atoms. The maximum absolute atomic E-state index is 12.3. The molecule has 0 heterocycles. The number of aryl methyl sites for hydroxylation is 2. The van der Waals surface area contributed by atoms with Crippen LogP contribution >= 0.6 is 0 Å².